The van der Waals surface area contributed by atoms with Crippen LogP contribution in [-0.4, -0.2) is 30.9 Å². The Kier molecular flexibility index (Phi) is 2.99. The summed E-state index contributed by atoms with van der Waals surface area (Å²) in [6, 6.07) is 9.04. The van der Waals surface area contributed by atoms with Gasteiger partial charge in [-0.25, -0.2) is 0 Å². The van der Waals surface area contributed by atoms with Crippen molar-refractivity contribution < 1.29 is 14.4 Å². The second-order valence-electron chi connectivity index (χ2n) is 3.31. The Bertz CT molecular complexity index is 339. The highest BCUT2D eigenvalue weighted by Crippen LogP contribution is 2.18. The van der Waals surface area contributed by atoms with Crippen LogP contribution in [0.1, 0.15) is 16.8 Å². The molecule has 1 aliphatic rings. The number of methoxy groups -OCH3 is 1. The Morgan fingerprint density at radius 2 is 2.20 bits per heavy atom. The molecular formula is C11H13NO3. The topological polar surface area (TPSA) is 38.8 Å². The minimum atomic E-state index is -0.266. The van der Waals surface area contributed by atoms with Gasteiger partial charge in [-0.15, -0.1) is 0 Å². The van der Waals surface area contributed by atoms with Crippen molar-refractivity contribution in [1.82, 2.24) is 5.06 Å². The number of ether oxygens (including phenoxy) is 1. The first-order valence-corrected chi connectivity index (χ1v) is 4.87. The molecular weight excluding hydrogens is 194 g/mol. The third-order valence-electron chi connectivity index (χ3n) is 2.35. The molecule has 1 aliphatic heterocycles. The third kappa shape index (κ3) is 2.00. The van der Waals surface area contributed by atoms with Gasteiger partial charge in [-0.2, -0.15) is 5.06 Å². The fraction of sp³-hybridized carbons (Fsp3) is 0.364. The summed E-state index contributed by atoms with van der Waals surface area (Å²) in [4.78, 5) is 17.2. The fourth-order valence-corrected chi connectivity index (χ4v) is 1.56. The van der Waals surface area contributed by atoms with Crippen LogP contribution in [0, 0.1) is 0 Å². The van der Waals surface area contributed by atoms with Crippen LogP contribution in [0.2, 0.25) is 0 Å². The van der Waals surface area contributed by atoms with Gasteiger partial charge in [0.05, 0.1) is 6.61 Å². The van der Waals surface area contributed by atoms with Gasteiger partial charge >= 0.3 is 0 Å². The average Bonchev–Trinajstić information content (AvgIpc) is 2.77. The molecule has 0 bridgehead atoms. The molecule has 0 aliphatic carbocycles. The molecule has 15 heavy (non-hydrogen) atoms. The Hall–Kier alpha value is -1.39. The van der Waals surface area contributed by atoms with Crippen LogP contribution in [-0.2, 0) is 9.57 Å². The molecule has 1 aromatic rings. The molecule has 0 spiro atoms. The smallest absolute Gasteiger partial charge is 0.279 e. The maximum Gasteiger partial charge on any atom is 0.279 e. The van der Waals surface area contributed by atoms with E-state index >= 15 is 0 Å². The maximum atomic E-state index is 11.9. The van der Waals surface area contributed by atoms with E-state index in [2.05, 4.69) is 0 Å². The lowest BCUT2D eigenvalue weighted by atomic mass is 10.2. The second kappa shape index (κ2) is 4.42. The Labute approximate surface area is 88.4 Å². The van der Waals surface area contributed by atoms with Crippen LogP contribution in [0.15, 0.2) is 30.3 Å². The Balaban J connectivity index is 2.14. The van der Waals surface area contributed by atoms with Crippen molar-refractivity contribution in [1.29, 1.82) is 0 Å². The highest BCUT2D eigenvalue weighted by molar-refractivity contribution is 5.93. The number of amides is 1. The standard InChI is InChI=1S/C11H13NO3/c1-14-10-7-8-15-12(10)11(13)9-5-3-2-4-6-9/h2-6,10H,7-8H2,1H3/t10-/m0/s1. The molecule has 2 rings (SSSR count). The lowest BCUT2D eigenvalue weighted by Crippen LogP contribution is -2.35. The summed E-state index contributed by atoms with van der Waals surface area (Å²) in [5.41, 5.74) is 0.612. The zero-order chi connectivity index (χ0) is 10.7. The van der Waals surface area contributed by atoms with Crippen LogP contribution < -0.4 is 0 Å². The van der Waals surface area contributed by atoms with Gasteiger partial charge in [-0.05, 0) is 12.1 Å². The van der Waals surface area contributed by atoms with E-state index < -0.39 is 0 Å². The molecule has 0 aromatic heterocycles. The van der Waals surface area contributed by atoms with Gasteiger partial charge in [0, 0.05) is 19.1 Å². The van der Waals surface area contributed by atoms with E-state index in [-0.39, 0.29) is 12.1 Å². The number of hydrogen-bond acceptors (Lipinski definition) is 3. The molecule has 4 heteroatoms. The number of hydroxylamine groups is 2. The lowest BCUT2D eigenvalue weighted by Gasteiger charge is -2.20. The van der Waals surface area contributed by atoms with Crippen LogP contribution in [0.5, 0.6) is 0 Å². The minimum Gasteiger partial charge on any atom is -0.359 e. The molecule has 1 saturated heterocycles. The lowest BCUT2D eigenvalue weighted by molar-refractivity contribution is -0.152. The van der Waals surface area contributed by atoms with Gasteiger partial charge in [-0.1, -0.05) is 18.2 Å². The van der Waals surface area contributed by atoms with E-state index in [9.17, 15) is 4.79 Å². The van der Waals surface area contributed by atoms with E-state index in [1.54, 1.807) is 19.2 Å². The van der Waals surface area contributed by atoms with Crippen LogP contribution in [0.4, 0.5) is 0 Å². The number of carbonyl (C=O) groups excluding carboxylic acids is 1. The SMILES string of the molecule is CO[C@H]1CCON1C(=O)c1ccccc1. The predicted octanol–water partition coefficient (Wildman–Crippen LogP) is 1.44. The summed E-state index contributed by atoms with van der Waals surface area (Å²) in [6.45, 7) is 0.525. The summed E-state index contributed by atoms with van der Waals surface area (Å²) in [5.74, 6) is -0.153. The molecule has 1 heterocycles. The maximum absolute atomic E-state index is 11.9. The number of rotatable bonds is 2. The summed E-state index contributed by atoms with van der Waals surface area (Å²) in [5, 5.41) is 1.30. The normalized spacial score (nSPS) is 20.6. The van der Waals surface area contributed by atoms with E-state index in [1.807, 2.05) is 18.2 Å². The molecule has 0 unspecified atom stereocenters. The fourth-order valence-electron chi connectivity index (χ4n) is 1.56. The number of benzene rings is 1. The van der Waals surface area contributed by atoms with Crippen molar-refractivity contribution in [2.75, 3.05) is 13.7 Å². The first kappa shape index (κ1) is 10.1. The molecule has 1 amide bonds. The van der Waals surface area contributed by atoms with Crippen molar-refractivity contribution in [2.24, 2.45) is 0 Å². The van der Waals surface area contributed by atoms with Crippen LogP contribution >= 0.6 is 0 Å². The van der Waals surface area contributed by atoms with Crippen LogP contribution in [0.25, 0.3) is 0 Å². The van der Waals surface area contributed by atoms with E-state index in [4.69, 9.17) is 9.57 Å². The van der Waals surface area contributed by atoms with Crippen molar-refractivity contribution >= 4 is 5.91 Å². The molecule has 0 saturated carbocycles. The van der Waals surface area contributed by atoms with Crippen LogP contribution in [0.3, 0.4) is 0 Å². The summed E-state index contributed by atoms with van der Waals surface area (Å²) >= 11 is 0. The molecule has 80 valence electrons. The number of hydrogen-bond donors (Lipinski definition) is 0. The zero-order valence-corrected chi connectivity index (χ0v) is 8.55. The van der Waals surface area contributed by atoms with Gasteiger partial charge in [0.2, 0.25) is 0 Å². The van der Waals surface area contributed by atoms with Gasteiger partial charge in [-0.3, -0.25) is 9.63 Å². The van der Waals surface area contributed by atoms with Gasteiger partial charge in [0.25, 0.3) is 5.91 Å². The molecule has 1 fully saturated rings. The quantitative estimate of drug-likeness (QED) is 0.736. The first-order valence-electron chi connectivity index (χ1n) is 4.87. The third-order valence-corrected chi connectivity index (χ3v) is 2.35. The van der Waals surface area contributed by atoms with Crippen molar-refractivity contribution in [3.05, 3.63) is 35.9 Å². The molecule has 0 radical (unpaired) electrons. The largest absolute Gasteiger partial charge is 0.359 e. The summed E-state index contributed by atoms with van der Waals surface area (Å²) in [7, 11) is 1.57. The zero-order valence-electron chi connectivity index (χ0n) is 8.55. The minimum absolute atomic E-state index is 0.153. The Morgan fingerprint density at radius 3 is 2.87 bits per heavy atom. The predicted molar refractivity (Wildman–Crippen MR) is 54.0 cm³/mol. The van der Waals surface area contributed by atoms with E-state index in [0.717, 1.165) is 6.42 Å². The Morgan fingerprint density at radius 1 is 1.47 bits per heavy atom. The molecule has 1 atom stereocenters. The van der Waals surface area contributed by atoms with E-state index in [0.29, 0.717) is 12.2 Å². The molecule has 0 N–H and O–H groups in total. The highest BCUT2D eigenvalue weighted by atomic mass is 16.7. The van der Waals surface area contributed by atoms with Gasteiger partial charge in [0.15, 0.2) is 6.23 Å². The van der Waals surface area contributed by atoms with Gasteiger partial charge < -0.3 is 4.74 Å². The van der Waals surface area contributed by atoms with E-state index in [1.165, 1.54) is 5.06 Å². The number of nitrogens with zero attached hydrogens (tertiary/aromatic N) is 1. The highest BCUT2D eigenvalue weighted by Gasteiger charge is 2.30. The van der Waals surface area contributed by atoms with Crippen molar-refractivity contribution in [3.63, 3.8) is 0 Å². The molecule has 1 aromatic carbocycles. The summed E-state index contributed by atoms with van der Waals surface area (Å²) in [6.07, 6.45) is 0.451. The number of carbonyl (C=O) groups is 1. The first-order chi connectivity index (χ1) is 7.33. The summed E-state index contributed by atoms with van der Waals surface area (Å²) < 4.78 is 5.15. The second-order valence-corrected chi connectivity index (χ2v) is 3.31. The van der Waals surface area contributed by atoms with Crippen molar-refractivity contribution in [2.45, 2.75) is 12.6 Å². The van der Waals surface area contributed by atoms with Crippen molar-refractivity contribution in [3.8, 4) is 0 Å². The van der Waals surface area contributed by atoms with Gasteiger partial charge in [0.1, 0.15) is 0 Å². The average molecular weight is 207 g/mol. The molecule has 4 nitrogen and oxygen atoms in total. The monoisotopic (exact) mass is 207 g/mol.